The number of aromatic nitrogens is 1. The maximum Gasteiger partial charge on any atom is 0.234 e. The Bertz CT molecular complexity index is 846. The van der Waals surface area contributed by atoms with Gasteiger partial charge in [-0.2, -0.15) is 0 Å². The Balaban J connectivity index is 1.53. The van der Waals surface area contributed by atoms with Gasteiger partial charge in [0, 0.05) is 11.1 Å². The molecule has 0 saturated carbocycles. The van der Waals surface area contributed by atoms with E-state index >= 15 is 0 Å². The minimum Gasteiger partial charge on any atom is -0.325 e. The molecule has 0 radical (unpaired) electrons. The Morgan fingerprint density at radius 2 is 1.84 bits per heavy atom. The molecule has 0 saturated heterocycles. The van der Waals surface area contributed by atoms with Crippen LogP contribution in [0.4, 0.5) is 5.69 Å². The summed E-state index contributed by atoms with van der Waals surface area (Å²) in [6, 6.07) is 20.1. The highest BCUT2D eigenvalue weighted by molar-refractivity contribution is 7.99. The molecule has 3 nitrogen and oxygen atoms in total. The zero-order valence-corrected chi connectivity index (χ0v) is 15.2. The van der Waals surface area contributed by atoms with Crippen molar-refractivity contribution in [3.05, 3.63) is 66.2 Å². The summed E-state index contributed by atoms with van der Waals surface area (Å²) in [6.07, 6.45) is 3.48. The molecule has 4 heteroatoms. The minimum absolute atomic E-state index is 0.0127. The maximum atomic E-state index is 12.1. The van der Waals surface area contributed by atoms with Crippen LogP contribution in [0.2, 0.25) is 0 Å². The molecule has 128 valence electrons. The van der Waals surface area contributed by atoms with E-state index in [0.29, 0.717) is 5.75 Å². The number of nitrogens with one attached hydrogen (secondary N) is 1. The number of benzene rings is 2. The summed E-state index contributed by atoms with van der Waals surface area (Å²) >= 11 is 1.45. The number of hydrogen-bond donors (Lipinski definition) is 1. The van der Waals surface area contributed by atoms with Crippen molar-refractivity contribution >= 4 is 34.3 Å². The van der Waals surface area contributed by atoms with E-state index in [0.717, 1.165) is 28.0 Å². The topological polar surface area (TPSA) is 42.0 Å². The van der Waals surface area contributed by atoms with Crippen molar-refractivity contribution in [1.82, 2.24) is 4.98 Å². The van der Waals surface area contributed by atoms with Crippen molar-refractivity contribution in [2.45, 2.75) is 31.2 Å². The van der Waals surface area contributed by atoms with Crippen molar-refractivity contribution in [2.75, 3.05) is 11.1 Å². The lowest BCUT2D eigenvalue weighted by Gasteiger charge is -2.07. The lowest BCUT2D eigenvalue weighted by Crippen LogP contribution is -2.14. The Hall–Kier alpha value is -2.33. The number of rotatable bonds is 7. The number of thioether (sulfide) groups is 1. The van der Waals surface area contributed by atoms with Crippen LogP contribution in [0.15, 0.2) is 65.7 Å². The smallest absolute Gasteiger partial charge is 0.234 e. The van der Waals surface area contributed by atoms with Gasteiger partial charge in [-0.15, -0.1) is 0 Å². The number of hydrogen-bond acceptors (Lipinski definition) is 3. The fraction of sp³-hybridized carbons (Fsp3) is 0.238. The summed E-state index contributed by atoms with van der Waals surface area (Å²) in [4.78, 5) is 16.7. The van der Waals surface area contributed by atoms with Crippen LogP contribution in [0, 0.1) is 0 Å². The molecule has 0 spiro atoms. The fourth-order valence-corrected chi connectivity index (χ4v) is 3.28. The Kier molecular flexibility index (Phi) is 6.07. The molecule has 3 aromatic rings. The minimum atomic E-state index is -0.0127. The van der Waals surface area contributed by atoms with Gasteiger partial charge in [-0.05, 0) is 42.7 Å². The highest BCUT2D eigenvalue weighted by Gasteiger charge is 2.05. The molecule has 25 heavy (non-hydrogen) atoms. The predicted octanol–water partition coefficient (Wildman–Crippen LogP) is 5.31. The van der Waals surface area contributed by atoms with E-state index in [-0.39, 0.29) is 5.91 Å². The lowest BCUT2D eigenvalue weighted by atomic mass is 10.1. The number of aryl methyl sites for hydroxylation is 1. The maximum absolute atomic E-state index is 12.1. The van der Waals surface area contributed by atoms with Crippen LogP contribution in [-0.2, 0) is 11.2 Å². The molecular formula is C21H22N2OS. The monoisotopic (exact) mass is 350 g/mol. The first-order valence-corrected chi connectivity index (χ1v) is 9.60. The molecule has 1 heterocycles. The molecule has 1 N–H and O–H groups in total. The standard InChI is InChI=1S/C21H22N2OS/c1-2-3-6-16-9-12-18(13-10-16)22-20(24)15-25-21-14-11-17-7-4-5-8-19(17)23-21/h4-5,7-14H,2-3,6,15H2,1H3,(H,22,24). The zero-order valence-electron chi connectivity index (χ0n) is 14.4. The average Bonchev–Trinajstić information content (AvgIpc) is 2.65. The molecule has 3 rings (SSSR count). The third-order valence-corrected chi connectivity index (χ3v) is 4.91. The number of amides is 1. The van der Waals surface area contributed by atoms with Gasteiger partial charge in [-0.3, -0.25) is 4.79 Å². The van der Waals surface area contributed by atoms with E-state index in [1.54, 1.807) is 0 Å². The van der Waals surface area contributed by atoms with Crippen LogP contribution in [0.3, 0.4) is 0 Å². The molecule has 0 bridgehead atoms. The summed E-state index contributed by atoms with van der Waals surface area (Å²) in [5.74, 6) is 0.337. The molecule has 0 unspecified atom stereocenters. The van der Waals surface area contributed by atoms with E-state index in [4.69, 9.17) is 0 Å². The molecule has 0 aliphatic rings. The van der Waals surface area contributed by atoms with Gasteiger partial charge in [-0.25, -0.2) is 4.98 Å². The van der Waals surface area contributed by atoms with E-state index in [1.807, 2.05) is 48.5 Å². The normalized spacial score (nSPS) is 10.8. The zero-order chi connectivity index (χ0) is 17.5. The third-order valence-electron chi connectivity index (χ3n) is 3.98. The highest BCUT2D eigenvalue weighted by Crippen LogP contribution is 2.20. The van der Waals surface area contributed by atoms with E-state index in [9.17, 15) is 4.79 Å². The molecule has 1 aromatic heterocycles. The SMILES string of the molecule is CCCCc1ccc(NC(=O)CSc2ccc3ccccc3n2)cc1. The molecule has 0 atom stereocenters. The second-order valence-electron chi connectivity index (χ2n) is 5.98. The molecule has 0 aliphatic carbocycles. The van der Waals surface area contributed by atoms with Crippen LogP contribution in [0.5, 0.6) is 0 Å². The second-order valence-corrected chi connectivity index (χ2v) is 6.98. The summed E-state index contributed by atoms with van der Waals surface area (Å²) in [5.41, 5.74) is 3.11. The summed E-state index contributed by atoms with van der Waals surface area (Å²) in [7, 11) is 0. The quantitative estimate of drug-likeness (QED) is 0.587. The summed E-state index contributed by atoms with van der Waals surface area (Å²) in [5, 5.41) is 4.92. The number of para-hydroxylation sites is 1. The van der Waals surface area contributed by atoms with Crippen LogP contribution in [0.25, 0.3) is 10.9 Å². The van der Waals surface area contributed by atoms with Crippen LogP contribution in [0.1, 0.15) is 25.3 Å². The van der Waals surface area contributed by atoms with Crippen molar-refractivity contribution in [3.63, 3.8) is 0 Å². The number of carbonyl (C=O) groups excluding carboxylic acids is 1. The van der Waals surface area contributed by atoms with Crippen molar-refractivity contribution in [1.29, 1.82) is 0 Å². The first-order valence-electron chi connectivity index (χ1n) is 8.62. The molecule has 0 aliphatic heterocycles. The van der Waals surface area contributed by atoms with Gasteiger partial charge in [0.1, 0.15) is 0 Å². The number of nitrogens with zero attached hydrogens (tertiary/aromatic N) is 1. The van der Waals surface area contributed by atoms with Gasteiger partial charge in [0.15, 0.2) is 0 Å². The largest absolute Gasteiger partial charge is 0.325 e. The third kappa shape index (κ3) is 5.07. The number of pyridine rings is 1. The lowest BCUT2D eigenvalue weighted by molar-refractivity contribution is -0.113. The van der Waals surface area contributed by atoms with Gasteiger partial charge in [-0.1, -0.05) is 61.5 Å². The average molecular weight is 350 g/mol. The van der Waals surface area contributed by atoms with Crippen molar-refractivity contribution in [2.24, 2.45) is 0 Å². The van der Waals surface area contributed by atoms with Gasteiger partial charge >= 0.3 is 0 Å². The number of carbonyl (C=O) groups is 1. The summed E-state index contributed by atoms with van der Waals surface area (Å²) < 4.78 is 0. The van der Waals surface area contributed by atoms with Gasteiger partial charge in [0.2, 0.25) is 5.91 Å². The van der Waals surface area contributed by atoms with Crippen LogP contribution in [-0.4, -0.2) is 16.6 Å². The number of unbranched alkanes of at least 4 members (excludes halogenated alkanes) is 1. The Morgan fingerprint density at radius 1 is 1.04 bits per heavy atom. The van der Waals surface area contributed by atoms with E-state index in [2.05, 4.69) is 29.4 Å². The Morgan fingerprint density at radius 3 is 2.64 bits per heavy atom. The van der Waals surface area contributed by atoms with Gasteiger partial charge < -0.3 is 5.32 Å². The van der Waals surface area contributed by atoms with Gasteiger partial charge in [0.25, 0.3) is 0 Å². The number of anilines is 1. The molecule has 2 aromatic carbocycles. The Labute approximate surface area is 152 Å². The van der Waals surface area contributed by atoms with E-state index in [1.165, 1.54) is 30.2 Å². The van der Waals surface area contributed by atoms with Crippen LogP contribution < -0.4 is 5.32 Å². The van der Waals surface area contributed by atoms with E-state index < -0.39 is 0 Å². The molecular weight excluding hydrogens is 328 g/mol. The number of fused-ring (bicyclic) bond motifs is 1. The van der Waals surface area contributed by atoms with Crippen molar-refractivity contribution < 1.29 is 4.79 Å². The summed E-state index contributed by atoms with van der Waals surface area (Å²) in [6.45, 7) is 2.19. The van der Waals surface area contributed by atoms with Gasteiger partial charge in [0.05, 0.1) is 16.3 Å². The first-order chi connectivity index (χ1) is 12.2. The van der Waals surface area contributed by atoms with Crippen LogP contribution >= 0.6 is 11.8 Å². The molecule has 0 fully saturated rings. The van der Waals surface area contributed by atoms with Crippen molar-refractivity contribution in [3.8, 4) is 0 Å². The first kappa shape index (κ1) is 17.5. The predicted molar refractivity (Wildman–Crippen MR) is 106 cm³/mol. The highest BCUT2D eigenvalue weighted by atomic mass is 32.2. The second kappa shape index (κ2) is 8.67. The molecule has 1 amide bonds. The fourth-order valence-electron chi connectivity index (χ4n) is 2.60.